The highest BCUT2D eigenvalue weighted by Gasteiger charge is 2.29. The predicted octanol–water partition coefficient (Wildman–Crippen LogP) is 1.37. The number of phenols is 1. The number of benzene rings is 2. The van der Waals surface area contributed by atoms with Crippen LogP contribution in [0.5, 0.6) is 11.5 Å². The minimum atomic E-state index is -0.836. The molecule has 2 aromatic carbocycles. The number of nitrogens with one attached hydrogen (secondary N) is 2. The molecule has 4 amide bonds. The second-order valence-corrected chi connectivity index (χ2v) is 6.43. The summed E-state index contributed by atoms with van der Waals surface area (Å²) in [5.41, 5.74) is 1.63. The van der Waals surface area contributed by atoms with Crippen LogP contribution in [-0.4, -0.2) is 48.1 Å². The van der Waals surface area contributed by atoms with Crippen LogP contribution < -0.4 is 15.4 Å². The maximum Gasteiger partial charge on any atom is 0.322 e. The van der Waals surface area contributed by atoms with Gasteiger partial charge < -0.3 is 20.1 Å². The van der Waals surface area contributed by atoms with Crippen molar-refractivity contribution in [1.29, 1.82) is 0 Å². The van der Waals surface area contributed by atoms with E-state index in [9.17, 15) is 23.9 Å². The highest BCUT2D eigenvalue weighted by atomic mass is 19.1. The van der Waals surface area contributed by atoms with Crippen molar-refractivity contribution in [3.05, 3.63) is 58.9 Å². The van der Waals surface area contributed by atoms with E-state index in [-0.39, 0.29) is 18.9 Å². The quantitative estimate of drug-likeness (QED) is 0.509. The van der Waals surface area contributed by atoms with E-state index >= 15 is 0 Å². The van der Waals surface area contributed by atoms with Crippen LogP contribution in [0.3, 0.4) is 0 Å². The summed E-state index contributed by atoms with van der Waals surface area (Å²) in [6, 6.07) is 7.15. The molecule has 154 valence electrons. The van der Waals surface area contributed by atoms with Crippen molar-refractivity contribution in [3.63, 3.8) is 0 Å². The zero-order chi connectivity index (χ0) is 21.7. The number of carbonyl (C=O) groups excluding carboxylic acids is 3. The lowest BCUT2D eigenvalue weighted by atomic mass is 10.1. The first-order chi connectivity index (χ1) is 14.4. The Morgan fingerprint density at radius 3 is 2.87 bits per heavy atom. The van der Waals surface area contributed by atoms with Gasteiger partial charge >= 0.3 is 6.03 Å². The predicted molar refractivity (Wildman–Crippen MR) is 104 cm³/mol. The number of urea groups is 1. The van der Waals surface area contributed by atoms with Gasteiger partial charge in [0.15, 0.2) is 11.6 Å². The van der Waals surface area contributed by atoms with E-state index in [1.165, 1.54) is 18.1 Å². The Morgan fingerprint density at radius 2 is 2.17 bits per heavy atom. The molecule has 9 heteroatoms. The van der Waals surface area contributed by atoms with E-state index in [0.29, 0.717) is 23.4 Å². The second-order valence-electron chi connectivity index (χ2n) is 6.43. The molecule has 0 spiro atoms. The monoisotopic (exact) mass is 411 g/mol. The van der Waals surface area contributed by atoms with Gasteiger partial charge in [0, 0.05) is 17.7 Å². The van der Waals surface area contributed by atoms with E-state index in [4.69, 9.17) is 4.74 Å². The average Bonchev–Trinajstić information content (AvgIpc) is 3.03. The Hall–Kier alpha value is -4.06. The van der Waals surface area contributed by atoms with Crippen molar-refractivity contribution < 1.29 is 28.6 Å². The molecule has 0 aliphatic carbocycles. The number of imide groups is 1. The number of fused-ring (bicyclic) bond motifs is 1. The van der Waals surface area contributed by atoms with Gasteiger partial charge in [-0.1, -0.05) is 17.9 Å². The summed E-state index contributed by atoms with van der Waals surface area (Å²) in [6.45, 7) is 0.368. The van der Waals surface area contributed by atoms with E-state index in [0.717, 1.165) is 17.7 Å². The SMILES string of the molecule is COc1ccc2c(c1)C(=O)N(C[C@@H](C#Cc1ccc(F)c(O)c1)NC(=O)NC=O)C2. The Morgan fingerprint density at radius 1 is 1.37 bits per heavy atom. The Bertz CT molecular complexity index is 1060. The molecule has 0 aromatic heterocycles. The Labute approximate surface area is 171 Å². The van der Waals surface area contributed by atoms with Crippen LogP contribution in [0.1, 0.15) is 21.5 Å². The molecule has 0 radical (unpaired) electrons. The molecular weight excluding hydrogens is 393 g/mol. The lowest BCUT2D eigenvalue weighted by molar-refractivity contribution is -0.108. The number of nitrogens with zero attached hydrogens (tertiary/aromatic N) is 1. The van der Waals surface area contributed by atoms with Gasteiger partial charge in [-0.2, -0.15) is 0 Å². The molecule has 1 atom stereocenters. The molecule has 0 unspecified atom stereocenters. The van der Waals surface area contributed by atoms with Crippen molar-refractivity contribution in [2.24, 2.45) is 0 Å². The smallest absolute Gasteiger partial charge is 0.322 e. The van der Waals surface area contributed by atoms with Crippen molar-refractivity contribution in [3.8, 4) is 23.3 Å². The number of aromatic hydroxyl groups is 1. The van der Waals surface area contributed by atoms with Gasteiger partial charge in [-0.15, -0.1) is 0 Å². The first-order valence-corrected chi connectivity index (χ1v) is 8.88. The molecule has 1 heterocycles. The molecule has 8 nitrogen and oxygen atoms in total. The van der Waals surface area contributed by atoms with Gasteiger partial charge in [-0.05, 0) is 35.9 Å². The molecule has 0 fully saturated rings. The molecule has 0 bridgehead atoms. The van der Waals surface area contributed by atoms with Gasteiger partial charge in [0.2, 0.25) is 6.41 Å². The number of methoxy groups -OCH3 is 1. The standard InChI is InChI=1S/C21H18FN3O5/c1-30-16-6-4-14-10-25(20(28)17(14)9-16)11-15(24-21(29)23-12-26)5-2-13-3-7-18(22)19(27)8-13/h3-4,6-9,12,15,27H,10-11H2,1H3,(H2,23,24,26,29)/t15-/m1/s1. The number of halogens is 1. The lowest BCUT2D eigenvalue weighted by Gasteiger charge is -2.21. The summed E-state index contributed by atoms with van der Waals surface area (Å²) in [4.78, 5) is 36.5. The maximum absolute atomic E-state index is 13.2. The minimum Gasteiger partial charge on any atom is -0.505 e. The summed E-state index contributed by atoms with van der Waals surface area (Å²) in [5.74, 6) is 4.48. The summed E-state index contributed by atoms with van der Waals surface area (Å²) in [5, 5.41) is 13.9. The highest BCUT2D eigenvalue weighted by molar-refractivity contribution is 5.98. The molecule has 2 aromatic rings. The van der Waals surface area contributed by atoms with Crippen LogP contribution in [0.2, 0.25) is 0 Å². The highest BCUT2D eigenvalue weighted by Crippen LogP contribution is 2.26. The zero-order valence-corrected chi connectivity index (χ0v) is 15.9. The van der Waals surface area contributed by atoms with Crippen LogP contribution in [0.4, 0.5) is 9.18 Å². The fraction of sp³-hybridized carbons (Fsp3) is 0.190. The molecule has 0 saturated heterocycles. The van der Waals surface area contributed by atoms with E-state index in [1.807, 2.05) is 5.32 Å². The number of rotatable bonds is 5. The van der Waals surface area contributed by atoms with Gasteiger partial charge in [0.1, 0.15) is 11.8 Å². The molecule has 3 rings (SSSR count). The van der Waals surface area contributed by atoms with Crippen molar-refractivity contribution >= 4 is 18.3 Å². The molecule has 0 saturated carbocycles. The summed E-state index contributed by atoms with van der Waals surface area (Å²) in [6.07, 6.45) is 0.223. The van der Waals surface area contributed by atoms with Crippen LogP contribution in [0, 0.1) is 17.7 Å². The van der Waals surface area contributed by atoms with Crippen LogP contribution in [-0.2, 0) is 11.3 Å². The first-order valence-electron chi connectivity index (χ1n) is 8.88. The molecule has 1 aliphatic rings. The average molecular weight is 411 g/mol. The summed E-state index contributed by atoms with van der Waals surface area (Å²) >= 11 is 0. The number of hydrogen-bond acceptors (Lipinski definition) is 5. The topological polar surface area (TPSA) is 108 Å². The largest absolute Gasteiger partial charge is 0.505 e. The lowest BCUT2D eigenvalue weighted by Crippen LogP contribution is -2.46. The van der Waals surface area contributed by atoms with E-state index < -0.39 is 23.6 Å². The van der Waals surface area contributed by atoms with Gasteiger partial charge in [0.05, 0.1) is 13.7 Å². The third-order valence-electron chi connectivity index (χ3n) is 4.43. The number of amides is 4. The third-order valence-corrected chi connectivity index (χ3v) is 4.43. The van der Waals surface area contributed by atoms with Gasteiger partial charge in [-0.3, -0.25) is 14.9 Å². The van der Waals surface area contributed by atoms with Crippen molar-refractivity contribution in [1.82, 2.24) is 15.5 Å². The van der Waals surface area contributed by atoms with Gasteiger partial charge in [-0.25, -0.2) is 9.18 Å². The second kappa shape index (κ2) is 8.96. The molecule has 30 heavy (non-hydrogen) atoms. The Balaban J connectivity index is 1.80. The van der Waals surface area contributed by atoms with Crippen molar-refractivity contribution in [2.45, 2.75) is 12.6 Å². The first kappa shape index (κ1) is 20.7. The number of carbonyl (C=O) groups is 3. The van der Waals surface area contributed by atoms with Crippen LogP contribution >= 0.6 is 0 Å². The number of ether oxygens (including phenoxy) is 1. The van der Waals surface area contributed by atoms with Crippen LogP contribution in [0.25, 0.3) is 0 Å². The molecule has 1 aliphatic heterocycles. The number of phenolic OH excluding ortho intramolecular Hbond substituents is 1. The molecule has 3 N–H and O–H groups in total. The van der Waals surface area contributed by atoms with Gasteiger partial charge in [0.25, 0.3) is 5.91 Å². The maximum atomic E-state index is 13.2. The fourth-order valence-corrected chi connectivity index (χ4v) is 2.98. The number of hydrogen-bond donors (Lipinski definition) is 3. The molecular formula is C21H18FN3O5. The minimum absolute atomic E-state index is 0.0439. The van der Waals surface area contributed by atoms with E-state index in [1.54, 1.807) is 18.2 Å². The van der Waals surface area contributed by atoms with Crippen molar-refractivity contribution in [2.75, 3.05) is 13.7 Å². The summed E-state index contributed by atoms with van der Waals surface area (Å²) in [7, 11) is 1.51. The Kier molecular flexibility index (Phi) is 6.17. The van der Waals surface area contributed by atoms with E-state index in [2.05, 4.69) is 17.2 Å². The normalized spacial score (nSPS) is 13.0. The van der Waals surface area contributed by atoms with Crippen LogP contribution in [0.15, 0.2) is 36.4 Å². The third kappa shape index (κ3) is 4.67. The zero-order valence-electron chi connectivity index (χ0n) is 15.9. The fourth-order valence-electron chi connectivity index (χ4n) is 2.98. The summed E-state index contributed by atoms with van der Waals surface area (Å²) < 4.78 is 18.4.